The van der Waals surface area contributed by atoms with Crippen LogP contribution in [0.3, 0.4) is 0 Å². The van der Waals surface area contributed by atoms with Crippen molar-refractivity contribution in [1.82, 2.24) is 0 Å². The Bertz CT molecular complexity index is 874. The summed E-state index contributed by atoms with van der Waals surface area (Å²) in [6.45, 7) is 6.72. The summed E-state index contributed by atoms with van der Waals surface area (Å²) >= 11 is 0. The van der Waals surface area contributed by atoms with Gasteiger partial charge in [-0.2, -0.15) is 0 Å². The number of carboxylic acid groups (broad SMARTS) is 1. The molecule has 0 aromatic rings. The van der Waals surface area contributed by atoms with Gasteiger partial charge < -0.3 is 24.8 Å². The van der Waals surface area contributed by atoms with Gasteiger partial charge in [-0.05, 0) is 97.7 Å². The van der Waals surface area contributed by atoms with Crippen LogP contribution in [0.1, 0.15) is 91.4 Å². The van der Waals surface area contributed by atoms with Crippen LogP contribution in [-0.2, 0) is 23.9 Å². The van der Waals surface area contributed by atoms with Crippen LogP contribution < -0.4 is 0 Å². The Morgan fingerprint density at radius 2 is 1.68 bits per heavy atom. The van der Waals surface area contributed by atoms with E-state index in [1.54, 1.807) is 0 Å². The van der Waals surface area contributed by atoms with E-state index in [0.717, 1.165) is 32.1 Å². The number of carbonyl (C=O) groups excluding carboxylic acids is 2. The predicted octanol–water partition coefficient (Wildman–Crippen LogP) is 3.95. The van der Waals surface area contributed by atoms with Gasteiger partial charge >= 0.3 is 17.9 Å². The van der Waals surface area contributed by atoms with Crippen molar-refractivity contribution >= 4 is 17.9 Å². The molecule has 4 aliphatic rings. The quantitative estimate of drug-likeness (QED) is 0.409. The zero-order valence-corrected chi connectivity index (χ0v) is 22.9. The Labute approximate surface area is 220 Å². The van der Waals surface area contributed by atoms with Crippen molar-refractivity contribution in [3.8, 4) is 0 Å². The van der Waals surface area contributed by atoms with Gasteiger partial charge in [-0.3, -0.25) is 14.4 Å². The van der Waals surface area contributed by atoms with Crippen LogP contribution in [-0.4, -0.2) is 58.6 Å². The second-order valence-corrected chi connectivity index (χ2v) is 13.0. The third-order valence-electron chi connectivity index (χ3n) is 11.4. The fraction of sp³-hybridized carbons (Fsp3) is 0.897. The summed E-state index contributed by atoms with van der Waals surface area (Å²) < 4.78 is 10.5. The summed E-state index contributed by atoms with van der Waals surface area (Å²) in [6.07, 6.45) is 5.26. The van der Waals surface area contributed by atoms with E-state index >= 15 is 0 Å². The first-order valence-corrected chi connectivity index (χ1v) is 14.3. The standard InChI is InChI=1S/C29H46O8/c1-16(5-9-25(34)36-4)19-6-7-20-27-21(15-23(31)29(19,20)3)28(2)12-11-18(13-17(28)14-22(27)30)37-26(35)10-8-24(32)33/h16-23,27,30-31H,5-15H2,1-4H3,(H,32,33)/t16-,17+,18-,19-,20+,21+,22-,23+,27+,28+,29-/m1/s1. The lowest BCUT2D eigenvalue weighted by Crippen LogP contribution is -2.62. The number of methoxy groups -OCH3 is 1. The van der Waals surface area contributed by atoms with Gasteiger partial charge in [-0.25, -0.2) is 0 Å². The minimum Gasteiger partial charge on any atom is -0.481 e. The molecule has 0 saturated heterocycles. The number of aliphatic carboxylic acids is 1. The molecule has 3 N–H and O–H groups in total. The highest BCUT2D eigenvalue weighted by Crippen LogP contribution is 2.68. The molecule has 4 fully saturated rings. The van der Waals surface area contributed by atoms with Crippen LogP contribution in [0, 0.1) is 46.3 Å². The number of carbonyl (C=O) groups is 3. The molecule has 37 heavy (non-hydrogen) atoms. The van der Waals surface area contributed by atoms with E-state index in [0.29, 0.717) is 31.6 Å². The highest BCUT2D eigenvalue weighted by Gasteiger charge is 2.65. The van der Waals surface area contributed by atoms with E-state index in [1.165, 1.54) is 7.11 Å². The number of aliphatic hydroxyl groups is 2. The van der Waals surface area contributed by atoms with Gasteiger partial charge in [0.05, 0.1) is 32.2 Å². The zero-order chi connectivity index (χ0) is 27.1. The monoisotopic (exact) mass is 522 g/mol. The Balaban J connectivity index is 1.47. The molecule has 0 aromatic heterocycles. The summed E-state index contributed by atoms with van der Waals surface area (Å²) in [5, 5.41) is 32.1. The fourth-order valence-electron chi connectivity index (χ4n) is 9.32. The summed E-state index contributed by atoms with van der Waals surface area (Å²) in [5.41, 5.74) is -0.317. The maximum Gasteiger partial charge on any atom is 0.306 e. The van der Waals surface area contributed by atoms with E-state index < -0.39 is 24.1 Å². The van der Waals surface area contributed by atoms with Crippen molar-refractivity contribution in [3.05, 3.63) is 0 Å². The second kappa shape index (κ2) is 10.8. The van der Waals surface area contributed by atoms with Crippen LogP contribution in [0.4, 0.5) is 0 Å². The molecule has 8 heteroatoms. The molecule has 4 rings (SSSR count). The normalized spacial score (nSPS) is 43.6. The van der Waals surface area contributed by atoms with Gasteiger partial charge in [-0.15, -0.1) is 0 Å². The van der Waals surface area contributed by atoms with Crippen LogP contribution in [0.15, 0.2) is 0 Å². The summed E-state index contributed by atoms with van der Waals surface area (Å²) in [4.78, 5) is 34.7. The molecule has 4 aliphatic carbocycles. The lowest BCUT2D eigenvalue weighted by atomic mass is 9.43. The van der Waals surface area contributed by atoms with Gasteiger partial charge in [0.1, 0.15) is 6.10 Å². The van der Waals surface area contributed by atoms with E-state index in [9.17, 15) is 24.6 Å². The number of hydrogen-bond donors (Lipinski definition) is 3. The van der Waals surface area contributed by atoms with Crippen molar-refractivity contribution in [1.29, 1.82) is 0 Å². The number of carboxylic acids is 1. The van der Waals surface area contributed by atoms with Crippen molar-refractivity contribution in [2.75, 3.05) is 7.11 Å². The Hall–Kier alpha value is -1.67. The maximum atomic E-state index is 12.1. The molecule has 8 nitrogen and oxygen atoms in total. The molecule has 4 saturated carbocycles. The van der Waals surface area contributed by atoms with Crippen molar-refractivity contribution in [2.24, 2.45) is 46.3 Å². The number of aliphatic hydroxyl groups excluding tert-OH is 2. The molecule has 0 radical (unpaired) electrons. The molecule has 210 valence electrons. The van der Waals surface area contributed by atoms with E-state index in [2.05, 4.69) is 20.8 Å². The third-order valence-corrected chi connectivity index (χ3v) is 11.4. The number of fused-ring (bicyclic) bond motifs is 5. The SMILES string of the molecule is COC(=O)CC[C@@H](C)[C@H]1CC[C@H]2[C@@H]3[C@H](O)C[C@@H]4C[C@H](OC(=O)CCC(=O)O)CC[C@]4(C)[C@H]3C[C@H](O)[C@]12C. The van der Waals surface area contributed by atoms with E-state index in [4.69, 9.17) is 14.6 Å². The average molecular weight is 523 g/mol. The van der Waals surface area contributed by atoms with E-state index in [-0.39, 0.29) is 65.3 Å². The highest BCUT2D eigenvalue weighted by molar-refractivity contribution is 5.76. The Morgan fingerprint density at radius 1 is 0.946 bits per heavy atom. The van der Waals surface area contributed by atoms with Crippen LogP contribution in [0.5, 0.6) is 0 Å². The average Bonchev–Trinajstić information content (AvgIpc) is 3.21. The first kappa shape index (κ1) is 28.3. The van der Waals surface area contributed by atoms with Gasteiger partial charge in [0, 0.05) is 6.42 Å². The van der Waals surface area contributed by atoms with Crippen molar-refractivity contribution in [2.45, 2.75) is 110 Å². The third kappa shape index (κ3) is 5.17. The smallest absolute Gasteiger partial charge is 0.306 e. The number of hydrogen-bond acceptors (Lipinski definition) is 7. The summed E-state index contributed by atoms with van der Waals surface area (Å²) in [6, 6.07) is 0. The van der Waals surface area contributed by atoms with Crippen molar-refractivity contribution < 1.29 is 39.2 Å². The summed E-state index contributed by atoms with van der Waals surface area (Å²) in [5.74, 6) is -0.289. The van der Waals surface area contributed by atoms with Crippen LogP contribution in [0.25, 0.3) is 0 Å². The first-order valence-electron chi connectivity index (χ1n) is 14.3. The maximum absolute atomic E-state index is 12.1. The fourth-order valence-corrected chi connectivity index (χ4v) is 9.32. The minimum atomic E-state index is -1.01. The number of rotatable bonds is 8. The van der Waals surface area contributed by atoms with Gasteiger partial charge in [-0.1, -0.05) is 20.8 Å². The second-order valence-electron chi connectivity index (χ2n) is 13.0. The first-order chi connectivity index (χ1) is 17.4. The molecule has 0 heterocycles. The van der Waals surface area contributed by atoms with Gasteiger partial charge in [0.2, 0.25) is 0 Å². The van der Waals surface area contributed by atoms with Crippen molar-refractivity contribution in [3.63, 3.8) is 0 Å². The number of ether oxygens (including phenoxy) is 2. The van der Waals surface area contributed by atoms with Crippen LogP contribution in [0.2, 0.25) is 0 Å². The number of esters is 2. The largest absolute Gasteiger partial charge is 0.481 e. The molecule has 0 aromatic carbocycles. The molecular formula is C29H46O8. The predicted molar refractivity (Wildman–Crippen MR) is 135 cm³/mol. The molecule has 0 unspecified atom stereocenters. The van der Waals surface area contributed by atoms with Gasteiger partial charge in [0.15, 0.2) is 0 Å². The van der Waals surface area contributed by atoms with Gasteiger partial charge in [0.25, 0.3) is 0 Å². The molecule has 0 bridgehead atoms. The lowest BCUT2D eigenvalue weighted by molar-refractivity contribution is -0.209. The molecule has 11 atom stereocenters. The van der Waals surface area contributed by atoms with E-state index in [1.807, 2.05) is 0 Å². The Morgan fingerprint density at radius 3 is 2.35 bits per heavy atom. The molecule has 0 spiro atoms. The molecule has 0 amide bonds. The highest BCUT2D eigenvalue weighted by atomic mass is 16.5. The Kier molecular flexibility index (Phi) is 8.30. The minimum absolute atomic E-state index is 0.0369. The zero-order valence-electron chi connectivity index (χ0n) is 22.9. The topological polar surface area (TPSA) is 130 Å². The van der Waals surface area contributed by atoms with Crippen LogP contribution >= 0.6 is 0 Å². The summed E-state index contributed by atoms with van der Waals surface area (Å²) in [7, 11) is 1.42. The molecule has 0 aliphatic heterocycles. The molecular weight excluding hydrogens is 476 g/mol. The lowest BCUT2D eigenvalue weighted by Gasteiger charge is -2.63.